The van der Waals surface area contributed by atoms with Gasteiger partial charge >= 0.3 is 0 Å². The summed E-state index contributed by atoms with van der Waals surface area (Å²) < 4.78 is 0. The molecule has 1 aromatic carbocycles. The SMILES string of the molecule is C[C@@H](O)c1ccc(Sc2ccccn2)c([N+](=O)[O-])c1. The van der Waals surface area contributed by atoms with Gasteiger partial charge in [0.1, 0.15) is 5.03 Å². The summed E-state index contributed by atoms with van der Waals surface area (Å²) in [5, 5.41) is 21.2. The number of rotatable bonds is 4. The molecule has 0 bridgehead atoms. The van der Waals surface area contributed by atoms with E-state index in [1.165, 1.54) is 17.8 Å². The quantitative estimate of drug-likeness (QED) is 0.685. The van der Waals surface area contributed by atoms with Crippen molar-refractivity contribution < 1.29 is 10.0 Å². The van der Waals surface area contributed by atoms with Gasteiger partial charge in [0.05, 0.1) is 15.9 Å². The molecule has 2 rings (SSSR count). The molecule has 0 fully saturated rings. The molecule has 0 saturated carbocycles. The molecular weight excluding hydrogens is 264 g/mol. The molecule has 19 heavy (non-hydrogen) atoms. The van der Waals surface area contributed by atoms with E-state index in [4.69, 9.17) is 0 Å². The van der Waals surface area contributed by atoms with Crippen LogP contribution in [0.15, 0.2) is 52.5 Å². The number of hydrogen-bond donors (Lipinski definition) is 1. The number of aliphatic hydroxyl groups excluding tert-OH is 1. The van der Waals surface area contributed by atoms with Crippen LogP contribution in [-0.2, 0) is 0 Å². The average Bonchev–Trinajstić information content (AvgIpc) is 2.39. The number of hydrogen-bond acceptors (Lipinski definition) is 5. The number of nitro benzene ring substituents is 1. The molecule has 1 atom stereocenters. The molecule has 0 unspecified atom stereocenters. The molecule has 1 N–H and O–H groups in total. The molecule has 2 aromatic rings. The van der Waals surface area contributed by atoms with Crippen LogP contribution in [0.3, 0.4) is 0 Å². The smallest absolute Gasteiger partial charge is 0.283 e. The molecule has 0 amide bonds. The molecule has 0 radical (unpaired) electrons. The number of nitrogens with zero attached hydrogens (tertiary/aromatic N) is 2. The largest absolute Gasteiger partial charge is 0.389 e. The van der Waals surface area contributed by atoms with E-state index in [1.54, 1.807) is 37.4 Å². The third-order valence-corrected chi connectivity index (χ3v) is 3.53. The number of aliphatic hydroxyl groups is 1. The highest BCUT2D eigenvalue weighted by atomic mass is 32.2. The maximum atomic E-state index is 11.1. The van der Waals surface area contributed by atoms with Gasteiger partial charge in [-0.1, -0.05) is 23.9 Å². The maximum absolute atomic E-state index is 11.1. The van der Waals surface area contributed by atoms with Gasteiger partial charge in [0, 0.05) is 12.3 Å². The Morgan fingerprint density at radius 1 is 1.37 bits per heavy atom. The van der Waals surface area contributed by atoms with Crippen molar-refractivity contribution in [3.8, 4) is 0 Å². The van der Waals surface area contributed by atoms with Gasteiger partial charge in [-0.25, -0.2) is 4.98 Å². The first-order chi connectivity index (χ1) is 9.08. The Hall–Kier alpha value is -1.92. The summed E-state index contributed by atoms with van der Waals surface area (Å²) in [6, 6.07) is 10.1. The van der Waals surface area contributed by atoms with E-state index >= 15 is 0 Å². The summed E-state index contributed by atoms with van der Waals surface area (Å²) in [5.41, 5.74) is 0.506. The molecule has 1 heterocycles. The molecule has 0 spiro atoms. The van der Waals surface area contributed by atoms with Crippen molar-refractivity contribution in [2.75, 3.05) is 0 Å². The minimum absolute atomic E-state index is 0.0194. The fourth-order valence-electron chi connectivity index (χ4n) is 1.54. The zero-order chi connectivity index (χ0) is 13.8. The molecule has 0 aliphatic rings. The Kier molecular flexibility index (Phi) is 4.13. The highest BCUT2D eigenvalue weighted by Gasteiger charge is 2.17. The summed E-state index contributed by atoms with van der Waals surface area (Å²) in [5.74, 6) is 0. The van der Waals surface area contributed by atoms with Crippen molar-refractivity contribution in [2.24, 2.45) is 0 Å². The Morgan fingerprint density at radius 2 is 2.16 bits per heavy atom. The fourth-order valence-corrected chi connectivity index (χ4v) is 2.40. The highest BCUT2D eigenvalue weighted by molar-refractivity contribution is 7.99. The second-order valence-electron chi connectivity index (χ2n) is 3.93. The van der Waals surface area contributed by atoms with Gasteiger partial charge in [0.2, 0.25) is 0 Å². The zero-order valence-electron chi connectivity index (χ0n) is 10.2. The lowest BCUT2D eigenvalue weighted by Crippen LogP contribution is -1.96. The molecule has 5 nitrogen and oxygen atoms in total. The van der Waals surface area contributed by atoms with Gasteiger partial charge in [-0.05, 0) is 30.7 Å². The Balaban J connectivity index is 2.37. The molecule has 0 saturated heterocycles. The summed E-state index contributed by atoms with van der Waals surface area (Å²) >= 11 is 1.23. The Morgan fingerprint density at radius 3 is 2.74 bits per heavy atom. The predicted molar refractivity (Wildman–Crippen MR) is 72.1 cm³/mol. The van der Waals surface area contributed by atoms with Crippen molar-refractivity contribution in [3.63, 3.8) is 0 Å². The van der Waals surface area contributed by atoms with Crippen LogP contribution in [0.1, 0.15) is 18.6 Å². The molecule has 6 heteroatoms. The monoisotopic (exact) mass is 276 g/mol. The number of aromatic nitrogens is 1. The summed E-state index contributed by atoms with van der Waals surface area (Å²) in [6.07, 6.45) is 0.908. The van der Waals surface area contributed by atoms with Gasteiger partial charge in [0.25, 0.3) is 5.69 Å². The predicted octanol–water partition coefficient (Wildman–Crippen LogP) is 3.19. The normalized spacial score (nSPS) is 12.1. The molecule has 0 aliphatic heterocycles. The third-order valence-electron chi connectivity index (χ3n) is 2.51. The third kappa shape index (κ3) is 3.30. The van der Waals surface area contributed by atoms with E-state index in [9.17, 15) is 15.2 Å². The van der Waals surface area contributed by atoms with Crippen molar-refractivity contribution in [2.45, 2.75) is 22.9 Å². The fraction of sp³-hybridized carbons (Fsp3) is 0.154. The zero-order valence-corrected chi connectivity index (χ0v) is 11.0. The second kappa shape index (κ2) is 5.81. The van der Waals surface area contributed by atoms with Crippen LogP contribution in [-0.4, -0.2) is 15.0 Å². The minimum Gasteiger partial charge on any atom is -0.389 e. The summed E-state index contributed by atoms with van der Waals surface area (Å²) in [4.78, 5) is 15.3. The summed E-state index contributed by atoms with van der Waals surface area (Å²) in [7, 11) is 0. The Labute approximate surface area is 114 Å². The first kappa shape index (κ1) is 13.5. The highest BCUT2D eigenvalue weighted by Crippen LogP contribution is 2.35. The lowest BCUT2D eigenvalue weighted by Gasteiger charge is -2.07. The molecular formula is C13H12N2O3S. The lowest BCUT2D eigenvalue weighted by atomic mass is 10.1. The standard InChI is InChI=1S/C13H12N2O3S/c1-9(16)10-5-6-12(11(8-10)15(17)18)19-13-4-2-3-7-14-13/h2-9,16H,1H3/t9-/m1/s1. The van der Waals surface area contributed by atoms with E-state index in [1.807, 2.05) is 6.07 Å². The van der Waals surface area contributed by atoms with E-state index < -0.39 is 11.0 Å². The van der Waals surface area contributed by atoms with E-state index in [0.717, 1.165) is 0 Å². The van der Waals surface area contributed by atoms with E-state index in [2.05, 4.69) is 4.98 Å². The number of benzene rings is 1. The van der Waals surface area contributed by atoms with Crippen LogP contribution in [0.4, 0.5) is 5.69 Å². The van der Waals surface area contributed by atoms with Gasteiger partial charge in [-0.2, -0.15) is 0 Å². The average molecular weight is 276 g/mol. The van der Waals surface area contributed by atoms with Crippen LogP contribution in [0.5, 0.6) is 0 Å². The van der Waals surface area contributed by atoms with E-state index in [-0.39, 0.29) is 5.69 Å². The van der Waals surface area contributed by atoms with Gasteiger partial charge in [-0.3, -0.25) is 10.1 Å². The van der Waals surface area contributed by atoms with Crippen molar-refractivity contribution in [1.29, 1.82) is 0 Å². The maximum Gasteiger partial charge on any atom is 0.283 e. The van der Waals surface area contributed by atoms with Gasteiger partial charge in [0.15, 0.2) is 0 Å². The van der Waals surface area contributed by atoms with Crippen LogP contribution in [0.2, 0.25) is 0 Å². The van der Waals surface area contributed by atoms with Crippen LogP contribution in [0.25, 0.3) is 0 Å². The second-order valence-corrected chi connectivity index (χ2v) is 4.99. The van der Waals surface area contributed by atoms with Crippen molar-refractivity contribution in [1.82, 2.24) is 4.98 Å². The van der Waals surface area contributed by atoms with Crippen molar-refractivity contribution in [3.05, 3.63) is 58.3 Å². The van der Waals surface area contributed by atoms with Crippen molar-refractivity contribution >= 4 is 17.4 Å². The van der Waals surface area contributed by atoms with Gasteiger partial charge < -0.3 is 5.11 Å². The first-order valence-corrected chi connectivity index (χ1v) is 6.45. The van der Waals surface area contributed by atoms with Crippen LogP contribution in [0, 0.1) is 10.1 Å². The summed E-state index contributed by atoms with van der Waals surface area (Å²) in [6.45, 7) is 1.57. The van der Waals surface area contributed by atoms with Crippen LogP contribution < -0.4 is 0 Å². The molecule has 1 aromatic heterocycles. The lowest BCUT2D eigenvalue weighted by molar-refractivity contribution is -0.387. The van der Waals surface area contributed by atoms with E-state index in [0.29, 0.717) is 15.5 Å². The van der Waals surface area contributed by atoms with Crippen LogP contribution >= 0.6 is 11.8 Å². The number of nitro groups is 1. The molecule has 98 valence electrons. The Bertz CT molecular complexity index is 588. The van der Waals surface area contributed by atoms with Gasteiger partial charge in [-0.15, -0.1) is 0 Å². The topological polar surface area (TPSA) is 76.3 Å². The first-order valence-electron chi connectivity index (χ1n) is 5.63. The minimum atomic E-state index is -0.729. The molecule has 0 aliphatic carbocycles. The number of pyridine rings is 1.